The summed E-state index contributed by atoms with van der Waals surface area (Å²) in [6.45, 7) is 3.97. The van der Waals surface area contributed by atoms with E-state index >= 15 is 0 Å². The molecule has 26 heavy (non-hydrogen) atoms. The van der Waals surface area contributed by atoms with Gasteiger partial charge in [0.1, 0.15) is 11.5 Å². The van der Waals surface area contributed by atoms with Gasteiger partial charge in [-0.05, 0) is 26.0 Å². The summed E-state index contributed by atoms with van der Waals surface area (Å²) in [5.74, 6) is 2.52. The summed E-state index contributed by atoms with van der Waals surface area (Å²) in [7, 11) is 0. The first-order valence-corrected chi connectivity index (χ1v) is 8.95. The van der Waals surface area contributed by atoms with Crippen LogP contribution in [0.15, 0.2) is 44.5 Å². The smallest absolute Gasteiger partial charge is 0.276 e. The van der Waals surface area contributed by atoms with Crippen molar-refractivity contribution in [2.24, 2.45) is 0 Å². The molecule has 0 bridgehead atoms. The summed E-state index contributed by atoms with van der Waals surface area (Å²) in [6.07, 6.45) is 0.286. The van der Waals surface area contributed by atoms with E-state index in [0.29, 0.717) is 28.4 Å². The molecule has 0 aliphatic heterocycles. The molecule has 2 heterocycles. The highest BCUT2D eigenvalue weighted by molar-refractivity contribution is 7.99. The van der Waals surface area contributed by atoms with Crippen molar-refractivity contribution < 1.29 is 18.5 Å². The lowest BCUT2D eigenvalue weighted by atomic mass is 10.2. The predicted octanol–water partition coefficient (Wildman–Crippen LogP) is 3.37. The van der Waals surface area contributed by atoms with E-state index in [0.717, 1.165) is 11.3 Å². The number of aromatic nitrogens is 3. The molecule has 0 saturated heterocycles. The fourth-order valence-electron chi connectivity index (χ4n) is 2.00. The lowest BCUT2D eigenvalue weighted by Gasteiger charge is -2.02. The van der Waals surface area contributed by atoms with Gasteiger partial charge >= 0.3 is 0 Å². The third kappa shape index (κ3) is 5.35. The minimum absolute atomic E-state index is 0.159. The van der Waals surface area contributed by atoms with Gasteiger partial charge in [0.15, 0.2) is 12.4 Å². The molecule has 1 N–H and O–H groups in total. The first-order chi connectivity index (χ1) is 12.6. The summed E-state index contributed by atoms with van der Waals surface area (Å²) in [4.78, 5) is 11.8. The van der Waals surface area contributed by atoms with Crippen LogP contribution in [0.3, 0.4) is 0 Å². The minimum atomic E-state index is -0.159. The van der Waals surface area contributed by atoms with E-state index in [1.165, 1.54) is 11.8 Å². The van der Waals surface area contributed by atoms with Gasteiger partial charge < -0.3 is 19.0 Å². The highest BCUT2D eigenvalue weighted by Gasteiger charge is 2.10. The molecule has 8 nitrogen and oxygen atoms in total. The Morgan fingerprint density at radius 3 is 2.77 bits per heavy atom. The highest BCUT2D eigenvalue weighted by atomic mass is 32.2. The number of rotatable bonds is 8. The Hall–Kier alpha value is -2.81. The van der Waals surface area contributed by atoms with Crippen molar-refractivity contribution in [3.63, 3.8) is 0 Å². The molecule has 0 radical (unpaired) electrons. The van der Waals surface area contributed by atoms with Crippen molar-refractivity contribution >= 4 is 23.5 Å². The summed E-state index contributed by atoms with van der Waals surface area (Å²) < 4.78 is 16.0. The normalized spacial score (nSPS) is 10.7. The number of carbonyl (C=O) groups is 1. The number of ether oxygens (including phenoxy) is 1. The number of nitrogens with zero attached hydrogens (tertiary/aromatic N) is 3. The van der Waals surface area contributed by atoms with Gasteiger partial charge in [-0.2, -0.15) is 0 Å². The van der Waals surface area contributed by atoms with Crippen LogP contribution in [0, 0.1) is 13.8 Å². The van der Waals surface area contributed by atoms with Crippen molar-refractivity contribution in [3.05, 3.63) is 47.5 Å². The van der Waals surface area contributed by atoms with Gasteiger partial charge in [0.05, 0.1) is 0 Å². The lowest BCUT2D eigenvalue weighted by molar-refractivity contribution is -0.115. The summed E-state index contributed by atoms with van der Waals surface area (Å²) >= 11 is 1.31. The second kappa shape index (κ2) is 8.52. The van der Waals surface area contributed by atoms with Crippen molar-refractivity contribution in [1.82, 2.24) is 15.4 Å². The third-order valence-electron chi connectivity index (χ3n) is 3.28. The Morgan fingerprint density at radius 2 is 2.04 bits per heavy atom. The van der Waals surface area contributed by atoms with Crippen molar-refractivity contribution in [2.45, 2.75) is 32.1 Å². The second-order valence-corrected chi connectivity index (χ2v) is 6.58. The molecule has 1 aromatic carbocycles. The molecule has 3 rings (SSSR count). The molecule has 0 aliphatic rings. The molecule has 0 unspecified atom stereocenters. The molecule has 2 aromatic heterocycles. The Morgan fingerprint density at radius 1 is 1.23 bits per heavy atom. The number of amides is 1. The van der Waals surface area contributed by atoms with E-state index in [1.54, 1.807) is 13.0 Å². The Balaban J connectivity index is 1.39. The number of thioether (sulfide) groups is 1. The number of anilines is 1. The van der Waals surface area contributed by atoms with Gasteiger partial charge in [0.25, 0.3) is 11.1 Å². The van der Waals surface area contributed by atoms with Gasteiger partial charge in [-0.15, -0.1) is 10.2 Å². The predicted molar refractivity (Wildman–Crippen MR) is 95.0 cm³/mol. The van der Waals surface area contributed by atoms with Crippen molar-refractivity contribution in [2.75, 3.05) is 11.1 Å². The molecule has 0 spiro atoms. The Labute approximate surface area is 154 Å². The average Bonchev–Trinajstić information content (AvgIpc) is 3.23. The lowest BCUT2D eigenvalue weighted by Crippen LogP contribution is -2.12. The monoisotopic (exact) mass is 374 g/mol. The Bertz CT molecular complexity index is 860. The van der Waals surface area contributed by atoms with Crippen LogP contribution in [0.2, 0.25) is 0 Å². The molecule has 1 amide bonds. The minimum Gasteiger partial charge on any atom is -0.484 e. The van der Waals surface area contributed by atoms with E-state index in [1.807, 2.05) is 31.2 Å². The average molecular weight is 374 g/mol. The van der Waals surface area contributed by atoms with E-state index in [2.05, 4.69) is 20.7 Å². The summed E-state index contributed by atoms with van der Waals surface area (Å²) in [5, 5.41) is 14.6. The summed E-state index contributed by atoms with van der Waals surface area (Å²) in [5.41, 5.74) is 1.16. The molecular weight excluding hydrogens is 356 g/mol. The molecule has 0 atom stereocenters. The van der Waals surface area contributed by atoms with Crippen LogP contribution in [0.1, 0.15) is 23.6 Å². The molecule has 0 aliphatic carbocycles. The van der Waals surface area contributed by atoms with E-state index < -0.39 is 0 Å². The van der Waals surface area contributed by atoms with Gasteiger partial charge in [-0.3, -0.25) is 4.79 Å². The highest BCUT2D eigenvalue weighted by Crippen LogP contribution is 2.19. The first-order valence-electron chi connectivity index (χ1n) is 7.96. The van der Waals surface area contributed by atoms with E-state index in [4.69, 9.17) is 13.7 Å². The number of aryl methyl sites for hydroxylation is 2. The zero-order chi connectivity index (χ0) is 18.4. The van der Waals surface area contributed by atoms with Gasteiger partial charge in [-0.1, -0.05) is 34.6 Å². The Kier molecular flexibility index (Phi) is 5.90. The fraction of sp³-hybridized carbons (Fsp3) is 0.294. The fourth-order valence-corrected chi connectivity index (χ4v) is 2.71. The van der Waals surface area contributed by atoms with Crippen molar-refractivity contribution in [3.8, 4) is 5.75 Å². The number of benzene rings is 1. The maximum atomic E-state index is 11.8. The maximum Gasteiger partial charge on any atom is 0.276 e. The molecule has 9 heteroatoms. The maximum absolute atomic E-state index is 11.8. The number of hydrogen-bond acceptors (Lipinski definition) is 8. The quantitative estimate of drug-likeness (QED) is 0.599. The molecular formula is C17H18N4O4S. The number of hydrogen-bond donors (Lipinski definition) is 1. The van der Waals surface area contributed by atoms with Crippen LogP contribution >= 0.6 is 11.8 Å². The van der Waals surface area contributed by atoms with Crippen LogP contribution in [-0.2, 0) is 11.4 Å². The van der Waals surface area contributed by atoms with Crippen LogP contribution in [0.5, 0.6) is 5.75 Å². The van der Waals surface area contributed by atoms with Gasteiger partial charge in [0.2, 0.25) is 5.91 Å². The molecule has 3 aromatic rings. The van der Waals surface area contributed by atoms with Gasteiger partial charge in [0, 0.05) is 18.2 Å². The van der Waals surface area contributed by atoms with Gasteiger partial charge in [-0.25, -0.2) is 0 Å². The number of carbonyl (C=O) groups excluding carboxylic acids is 1. The molecule has 136 valence electrons. The molecule has 0 saturated carbocycles. The zero-order valence-electron chi connectivity index (χ0n) is 14.4. The van der Waals surface area contributed by atoms with Crippen LogP contribution in [-0.4, -0.2) is 27.0 Å². The van der Waals surface area contributed by atoms with Crippen LogP contribution in [0.4, 0.5) is 5.82 Å². The topological polar surface area (TPSA) is 103 Å². The first kappa shape index (κ1) is 18.0. The second-order valence-electron chi connectivity index (χ2n) is 5.53. The number of nitrogens with one attached hydrogen (secondary N) is 1. The van der Waals surface area contributed by atoms with E-state index in [-0.39, 0.29) is 18.9 Å². The van der Waals surface area contributed by atoms with Crippen molar-refractivity contribution in [1.29, 1.82) is 0 Å². The zero-order valence-corrected chi connectivity index (χ0v) is 15.2. The summed E-state index contributed by atoms with van der Waals surface area (Å²) in [6, 6.07) is 9.36. The largest absolute Gasteiger partial charge is 0.484 e. The van der Waals surface area contributed by atoms with Crippen LogP contribution < -0.4 is 10.1 Å². The SMILES string of the molecule is Cc1ccc(OCc2nnc(SCCC(=O)Nc3cc(C)on3)o2)cc1. The van der Waals surface area contributed by atoms with Crippen LogP contribution in [0.25, 0.3) is 0 Å². The van der Waals surface area contributed by atoms with E-state index in [9.17, 15) is 4.79 Å². The third-order valence-corrected chi connectivity index (χ3v) is 4.10. The standard InChI is InChI=1S/C17H18N4O4S/c1-11-3-5-13(6-4-11)23-10-16-19-20-17(24-16)26-8-7-15(22)18-14-9-12(2)25-21-14/h3-6,9H,7-8,10H2,1-2H3,(H,18,21,22). The molecule has 0 fully saturated rings.